The number of fused-ring (bicyclic) bond motifs is 1. The first kappa shape index (κ1) is 24.3. The van der Waals surface area contributed by atoms with Crippen LogP contribution in [0.2, 0.25) is 0 Å². The Bertz CT molecular complexity index is 1000. The number of ether oxygens (including phenoxy) is 1. The van der Waals surface area contributed by atoms with Crippen LogP contribution in [0.4, 0.5) is 0 Å². The summed E-state index contributed by atoms with van der Waals surface area (Å²) in [7, 11) is 3.36. The maximum atomic E-state index is 13.1. The molecule has 1 aliphatic rings. The molecule has 0 radical (unpaired) electrons. The summed E-state index contributed by atoms with van der Waals surface area (Å²) in [6, 6.07) is 14.9. The van der Waals surface area contributed by atoms with Crippen LogP contribution in [-0.2, 0) is 20.8 Å². The summed E-state index contributed by atoms with van der Waals surface area (Å²) in [5.74, 6) is 0.281. The van der Waals surface area contributed by atoms with Crippen LogP contribution in [-0.4, -0.2) is 54.8 Å². The maximum absolute atomic E-state index is 13.1. The first-order valence-corrected chi connectivity index (χ1v) is 11.4. The number of carbonyl (C=O) groups excluding carboxylic acids is 3. The van der Waals surface area contributed by atoms with Crippen LogP contribution in [0.3, 0.4) is 0 Å². The van der Waals surface area contributed by atoms with Gasteiger partial charge in [-0.05, 0) is 30.0 Å². The van der Waals surface area contributed by atoms with Gasteiger partial charge in [-0.1, -0.05) is 49.4 Å². The molecule has 176 valence electrons. The summed E-state index contributed by atoms with van der Waals surface area (Å²) in [5.41, 5.74) is 3.05. The van der Waals surface area contributed by atoms with Crippen molar-refractivity contribution in [1.29, 1.82) is 0 Å². The molecule has 0 spiro atoms. The fourth-order valence-electron chi connectivity index (χ4n) is 4.25. The highest BCUT2D eigenvalue weighted by Crippen LogP contribution is 2.33. The largest absolute Gasteiger partial charge is 0.483 e. The summed E-state index contributed by atoms with van der Waals surface area (Å²) in [6.07, 6.45) is 1.64. The summed E-state index contributed by atoms with van der Waals surface area (Å²) < 4.78 is 5.77. The number of likely N-dealkylation sites (N-methyl/N-ethyl adjacent to an activating group) is 1. The number of nitrogens with zero attached hydrogens (tertiary/aromatic N) is 2. The monoisotopic (exact) mass is 451 g/mol. The van der Waals surface area contributed by atoms with Crippen molar-refractivity contribution in [1.82, 2.24) is 15.1 Å². The van der Waals surface area contributed by atoms with Crippen LogP contribution >= 0.6 is 0 Å². The third kappa shape index (κ3) is 5.92. The van der Waals surface area contributed by atoms with Crippen molar-refractivity contribution in [3.63, 3.8) is 0 Å². The zero-order valence-corrected chi connectivity index (χ0v) is 19.8. The molecule has 1 heterocycles. The van der Waals surface area contributed by atoms with Crippen molar-refractivity contribution in [3.05, 3.63) is 65.2 Å². The van der Waals surface area contributed by atoms with Crippen molar-refractivity contribution in [2.75, 3.05) is 27.2 Å². The van der Waals surface area contributed by atoms with E-state index in [0.29, 0.717) is 18.7 Å². The second-order valence-electron chi connectivity index (χ2n) is 8.52. The van der Waals surface area contributed by atoms with Crippen LogP contribution in [0.15, 0.2) is 48.5 Å². The summed E-state index contributed by atoms with van der Waals surface area (Å²) >= 11 is 0. The highest BCUT2D eigenvalue weighted by molar-refractivity contribution is 5.80. The number of rotatable bonds is 8. The standard InChI is InChI=1S/C26H33N3O4/c1-5-22(21-12-8-9-13-24(21)33-17-26(32)28(3)4)27-25(31)16-23-20-11-7-6-10-19(20)14-15-29(23)18(2)30/h6-13,22-23H,5,14-17H2,1-4H3,(H,27,31). The lowest BCUT2D eigenvalue weighted by molar-refractivity contribution is -0.133. The van der Waals surface area contributed by atoms with Crippen LogP contribution < -0.4 is 10.1 Å². The van der Waals surface area contributed by atoms with Gasteiger partial charge in [0.25, 0.3) is 5.91 Å². The minimum Gasteiger partial charge on any atom is -0.483 e. The van der Waals surface area contributed by atoms with Gasteiger partial charge in [-0.2, -0.15) is 0 Å². The van der Waals surface area contributed by atoms with E-state index in [-0.39, 0.29) is 42.8 Å². The summed E-state index contributed by atoms with van der Waals surface area (Å²) in [5, 5.41) is 3.12. The smallest absolute Gasteiger partial charge is 0.259 e. The molecule has 1 N–H and O–H groups in total. The van der Waals surface area contributed by atoms with E-state index >= 15 is 0 Å². The molecule has 0 saturated heterocycles. The minimum atomic E-state index is -0.283. The molecule has 0 saturated carbocycles. The van der Waals surface area contributed by atoms with E-state index in [1.807, 2.05) is 49.4 Å². The Morgan fingerprint density at radius 1 is 1.12 bits per heavy atom. The predicted octanol–water partition coefficient (Wildman–Crippen LogP) is 3.26. The molecule has 0 aromatic heterocycles. The van der Waals surface area contributed by atoms with Gasteiger partial charge in [0.2, 0.25) is 11.8 Å². The Balaban J connectivity index is 1.75. The summed E-state index contributed by atoms with van der Waals surface area (Å²) in [4.78, 5) is 40.6. The lowest BCUT2D eigenvalue weighted by atomic mass is 9.90. The Hall–Kier alpha value is -3.35. The maximum Gasteiger partial charge on any atom is 0.259 e. The Morgan fingerprint density at radius 2 is 1.82 bits per heavy atom. The molecule has 3 amide bonds. The number of nitrogens with one attached hydrogen (secondary N) is 1. The Labute approximate surface area is 195 Å². The molecule has 1 aliphatic heterocycles. The number of hydrogen-bond donors (Lipinski definition) is 1. The quantitative estimate of drug-likeness (QED) is 0.668. The molecule has 7 heteroatoms. The van der Waals surface area contributed by atoms with Gasteiger partial charge in [-0.3, -0.25) is 14.4 Å². The second kappa shape index (κ2) is 11.0. The van der Waals surface area contributed by atoms with E-state index in [1.165, 1.54) is 10.5 Å². The van der Waals surface area contributed by atoms with Crippen molar-refractivity contribution in [3.8, 4) is 5.75 Å². The van der Waals surface area contributed by atoms with Crippen molar-refractivity contribution >= 4 is 17.7 Å². The van der Waals surface area contributed by atoms with Gasteiger partial charge in [-0.25, -0.2) is 0 Å². The average molecular weight is 452 g/mol. The number of para-hydroxylation sites is 1. The first-order chi connectivity index (χ1) is 15.8. The van der Waals surface area contributed by atoms with E-state index in [2.05, 4.69) is 11.4 Å². The summed E-state index contributed by atoms with van der Waals surface area (Å²) in [6.45, 7) is 4.08. The van der Waals surface area contributed by atoms with Gasteiger partial charge >= 0.3 is 0 Å². The first-order valence-electron chi connectivity index (χ1n) is 11.4. The molecule has 33 heavy (non-hydrogen) atoms. The van der Waals surface area contributed by atoms with Crippen molar-refractivity contribution < 1.29 is 19.1 Å². The molecular formula is C26H33N3O4. The van der Waals surface area contributed by atoms with E-state index in [4.69, 9.17) is 4.74 Å². The molecular weight excluding hydrogens is 418 g/mol. The molecule has 0 fully saturated rings. The third-order valence-electron chi connectivity index (χ3n) is 6.08. The fraction of sp³-hybridized carbons (Fsp3) is 0.423. The molecule has 0 bridgehead atoms. The van der Waals surface area contributed by atoms with Crippen LogP contribution in [0.5, 0.6) is 5.75 Å². The molecule has 7 nitrogen and oxygen atoms in total. The van der Waals surface area contributed by atoms with E-state index in [1.54, 1.807) is 25.9 Å². The second-order valence-corrected chi connectivity index (χ2v) is 8.52. The molecule has 3 rings (SSSR count). The topological polar surface area (TPSA) is 79.0 Å². The van der Waals surface area contributed by atoms with Crippen LogP contribution in [0.1, 0.15) is 55.5 Å². The van der Waals surface area contributed by atoms with Gasteiger partial charge in [0, 0.05) is 33.1 Å². The number of carbonyl (C=O) groups is 3. The highest BCUT2D eigenvalue weighted by atomic mass is 16.5. The van der Waals surface area contributed by atoms with Gasteiger partial charge in [0.05, 0.1) is 18.5 Å². The van der Waals surface area contributed by atoms with Crippen molar-refractivity contribution in [2.45, 2.75) is 45.2 Å². The lowest BCUT2D eigenvalue weighted by Crippen LogP contribution is -2.41. The SMILES string of the molecule is CCC(NC(=O)CC1c2ccccc2CCN1C(C)=O)c1ccccc1OCC(=O)N(C)C. The van der Waals surface area contributed by atoms with Gasteiger partial charge in [0.15, 0.2) is 6.61 Å². The number of amides is 3. The molecule has 2 unspecified atom stereocenters. The molecule has 0 aliphatic carbocycles. The van der Waals surface area contributed by atoms with Gasteiger partial charge in [0.1, 0.15) is 5.75 Å². The van der Waals surface area contributed by atoms with Crippen LogP contribution in [0, 0.1) is 0 Å². The minimum absolute atomic E-state index is 0.0290. The van der Waals surface area contributed by atoms with Crippen molar-refractivity contribution in [2.24, 2.45) is 0 Å². The fourth-order valence-corrected chi connectivity index (χ4v) is 4.25. The van der Waals surface area contributed by atoms with E-state index < -0.39 is 0 Å². The normalized spacial score (nSPS) is 15.9. The third-order valence-corrected chi connectivity index (χ3v) is 6.08. The highest BCUT2D eigenvalue weighted by Gasteiger charge is 2.31. The molecule has 2 atom stereocenters. The zero-order valence-electron chi connectivity index (χ0n) is 19.8. The Kier molecular flexibility index (Phi) is 8.09. The number of benzene rings is 2. The zero-order chi connectivity index (χ0) is 24.0. The van der Waals surface area contributed by atoms with Gasteiger partial charge < -0.3 is 19.9 Å². The number of hydrogen-bond acceptors (Lipinski definition) is 4. The predicted molar refractivity (Wildman–Crippen MR) is 127 cm³/mol. The van der Waals surface area contributed by atoms with Crippen LogP contribution in [0.25, 0.3) is 0 Å². The Morgan fingerprint density at radius 3 is 2.52 bits per heavy atom. The molecule has 2 aromatic rings. The van der Waals surface area contributed by atoms with Gasteiger partial charge in [-0.15, -0.1) is 0 Å². The van der Waals surface area contributed by atoms with E-state index in [9.17, 15) is 14.4 Å². The lowest BCUT2D eigenvalue weighted by Gasteiger charge is -2.36. The van der Waals surface area contributed by atoms with E-state index in [0.717, 1.165) is 17.5 Å². The molecule has 2 aromatic carbocycles. The average Bonchev–Trinajstić information content (AvgIpc) is 2.81.